The summed E-state index contributed by atoms with van der Waals surface area (Å²) in [5.41, 5.74) is 8.22. The molecule has 0 aromatic heterocycles. The average Bonchev–Trinajstić information content (AvgIpc) is 2.52. The summed E-state index contributed by atoms with van der Waals surface area (Å²) in [6, 6.07) is 5.09. The molecule has 0 atom stereocenters. The zero-order chi connectivity index (χ0) is 15.7. The Morgan fingerprint density at radius 1 is 1.29 bits per heavy atom. The van der Waals surface area contributed by atoms with Crippen molar-refractivity contribution in [2.24, 2.45) is 5.11 Å². The third kappa shape index (κ3) is 4.30. The first kappa shape index (κ1) is 16.7. The third-order valence-corrected chi connectivity index (χ3v) is 2.96. The lowest BCUT2D eigenvalue weighted by atomic mass is 9.91. The van der Waals surface area contributed by atoms with Crippen LogP contribution in [0.15, 0.2) is 54.2 Å². The van der Waals surface area contributed by atoms with E-state index in [-0.39, 0.29) is 18.8 Å². The number of carbonyl (C=O) groups excluding carboxylic acids is 1. The quantitative estimate of drug-likeness (QED) is 0.531. The van der Waals surface area contributed by atoms with Crippen LogP contribution in [-0.4, -0.2) is 29.3 Å². The number of nitrogens with zero attached hydrogens (tertiary/aromatic N) is 1. The number of nitrogens with one attached hydrogen (secondary N) is 1. The predicted octanol–water partition coefficient (Wildman–Crippen LogP) is 2.68. The van der Waals surface area contributed by atoms with Gasteiger partial charge in [-0.1, -0.05) is 55.2 Å². The Bertz CT molecular complexity index is 573. The number of aliphatic hydroxyl groups is 2. The van der Waals surface area contributed by atoms with E-state index in [9.17, 15) is 15.0 Å². The van der Waals surface area contributed by atoms with E-state index in [0.29, 0.717) is 11.1 Å². The van der Waals surface area contributed by atoms with Crippen molar-refractivity contribution in [2.75, 3.05) is 13.2 Å². The predicted molar refractivity (Wildman–Crippen MR) is 81.2 cm³/mol. The molecule has 0 fully saturated rings. The second-order valence-corrected chi connectivity index (χ2v) is 4.27. The SMILES string of the molecule is C=CC=CC=Cc1cccc(C(CO)CO)c1C(=O)N=N. The molecule has 0 aliphatic rings. The number of hydrogen-bond acceptors (Lipinski definition) is 4. The second-order valence-electron chi connectivity index (χ2n) is 4.27. The third-order valence-electron chi connectivity index (χ3n) is 2.96. The second kappa shape index (κ2) is 8.73. The van der Waals surface area contributed by atoms with Gasteiger partial charge in [-0.2, -0.15) is 0 Å². The van der Waals surface area contributed by atoms with Gasteiger partial charge in [0, 0.05) is 5.92 Å². The monoisotopic (exact) mass is 286 g/mol. The van der Waals surface area contributed by atoms with Crippen LogP contribution in [0.5, 0.6) is 0 Å². The summed E-state index contributed by atoms with van der Waals surface area (Å²) in [7, 11) is 0. The van der Waals surface area contributed by atoms with E-state index >= 15 is 0 Å². The van der Waals surface area contributed by atoms with E-state index in [1.807, 2.05) is 0 Å². The molecule has 21 heavy (non-hydrogen) atoms. The Morgan fingerprint density at radius 3 is 2.57 bits per heavy atom. The van der Waals surface area contributed by atoms with Crippen LogP contribution in [0, 0.1) is 5.53 Å². The van der Waals surface area contributed by atoms with E-state index in [1.165, 1.54) is 0 Å². The van der Waals surface area contributed by atoms with Gasteiger partial charge in [0.15, 0.2) is 0 Å². The van der Waals surface area contributed by atoms with Crippen LogP contribution in [0.2, 0.25) is 0 Å². The molecule has 0 bridgehead atoms. The zero-order valence-electron chi connectivity index (χ0n) is 11.6. The molecule has 0 saturated heterocycles. The molecule has 1 amide bonds. The highest BCUT2D eigenvalue weighted by atomic mass is 16.3. The molecule has 0 unspecified atom stereocenters. The molecular formula is C16H18N2O3. The van der Waals surface area contributed by atoms with Crippen LogP contribution in [-0.2, 0) is 0 Å². The molecule has 1 aromatic rings. The summed E-state index contributed by atoms with van der Waals surface area (Å²) < 4.78 is 0. The number of aliphatic hydroxyl groups excluding tert-OH is 2. The van der Waals surface area contributed by atoms with Crippen molar-refractivity contribution in [1.82, 2.24) is 0 Å². The van der Waals surface area contributed by atoms with Crippen LogP contribution in [0.25, 0.3) is 6.08 Å². The molecule has 0 aliphatic heterocycles. The Kier molecular flexibility index (Phi) is 6.94. The molecule has 3 N–H and O–H groups in total. The lowest BCUT2D eigenvalue weighted by molar-refractivity contribution is 0.0988. The fraction of sp³-hybridized carbons (Fsp3) is 0.188. The van der Waals surface area contributed by atoms with Crippen molar-refractivity contribution in [3.63, 3.8) is 0 Å². The molecule has 0 heterocycles. The molecule has 1 rings (SSSR count). The number of hydrogen-bond donors (Lipinski definition) is 3. The van der Waals surface area contributed by atoms with Crippen molar-refractivity contribution >= 4 is 12.0 Å². The summed E-state index contributed by atoms with van der Waals surface area (Å²) in [6.07, 6.45) is 8.55. The number of carbonyl (C=O) groups is 1. The van der Waals surface area contributed by atoms with Crippen molar-refractivity contribution in [3.05, 3.63) is 65.8 Å². The molecule has 0 aliphatic carbocycles. The fourth-order valence-electron chi connectivity index (χ4n) is 1.93. The van der Waals surface area contributed by atoms with E-state index in [1.54, 1.807) is 48.6 Å². The smallest absolute Gasteiger partial charge is 0.295 e. The largest absolute Gasteiger partial charge is 0.396 e. The van der Waals surface area contributed by atoms with Gasteiger partial charge in [-0.05, 0) is 11.1 Å². The van der Waals surface area contributed by atoms with Crippen molar-refractivity contribution in [3.8, 4) is 0 Å². The van der Waals surface area contributed by atoms with Gasteiger partial charge in [-0.15, -0.1) is 5.11 Å². The minimum absolute atomic E-state index is 0.226. The zero-order valence-corrected chi connectivity index (χ0v) is 11.6. The lowest BCUT2D eigenvalue weighted by Gasteiger charge is -2.16. The first-order chi connectivity index (χ1) is 10.2. The van der Waals surface area contributed by atoms with Crippen LogP contribution in [0.1, 0.15) is 27.4 Å². The molecule has 5 heteroatoms. The lowest BCUT2D eigenvalue weighted by Crippen LogP contribution is -2.14. The molecular weight excluding hydrogens is 268 g/mol. The molecule has 5 nitrogen and oxygen atoms in total. The minimum atomic E-state index is -0.704. The van der Waals surface area contributed by atoms with Gasteiger partial charge in [-0.3, -0.25) is 4.79 Å². The average molecular weight is 286 g/mol. The van der Waals surface area contributed by atoms with Gasteiger partial charge in [0.2, 0.25) is 0 Å². The Hall–Kier alpha value is -2.37. The van der Waals surface area contributed by atoms with Crippen molar-refractivity contribution in [2.45, 2.75) is 5.92 Å². The summed E-state index contributed by atoms with van der Waals surface area (Å²) in [5.74, 6) is -1.28. The van der Waals surface area contributed by atoms with Gasteiger partial charge in [0.1, 0.15) is 0 Å². The van der Waals surface area contributed by atoms with Crippen molar-refractivity contribution < 1.29 is 15.0 Å². The standard InChI is InChI=1S/C16H18N2O3/c1-2-3-4-5-7-12-8-6-9-14(13(10-19)11-20)15(12)16(21)18-17/h2-9,13,17,19-20H,1,10-11H2. The van der Waals surface area contributed by atoms with Gasteiger partial charge in [-0.25, -0.2) is 5.53 Å². The maximum Gasteiger partial charge on any atom is 0.295 e. The molecule has 0 saturated carbocycles. The van der Waals surface area contributed by atoms with E-state index < -0.39 is 11.8 Å². The van der Waals surface area contributed by atoms with E-state index in [2.05, 4.69) is 11.7 Å². The summed E-state index contributed by atoms with van der Waals surface area (Å²) in [4.78, 5) is 11.9. The van der Waals surface area contributed by atoms with Gasteiger partial charge in [0.25, 0.3) is 5.91 Å². The molecule has 0 radical (unpaired) electrons. The molecule has 0 spiro atoms. The fourth-order valence-corrected chi connectivity index (χ4v) is 1.93. The van der Waals surface area contributed by atoms with E-state index in [4.69, 9.17) is 5.53 Å². The number of amides is 1. The first-order valence-corrected chi connectivity index (χ1v) is 6.41. The van der Waals surface area contributed by atoms with Crippen LogP contribution < -0.4 is 0 Å². The molecule has 110 valence electrons. The number of rotatable bonds is 7. The topological polar surface area (TPSA) is 93.7 Å². The maximum absolute atomic E-state index is 11.9. The summed E-state index contributed by atoms with van der Waals surface area (Å²) in [6.45, 7) is 2.97. The Morgan fingerprint density at radius 2 is 2.00 bits per heavy atom. The van der Waals surface area contributed by atoms with Gasteiger partial charge in [0.05, 0.1) is 18.8 Å². The number of benzene rings is 1. The molecule has 1 aromatic carbocycles. The summed E-state index contributed by atoms with van der Waals surface area (Å²) in [5, 5.41) is 21.6. The Balaban J connectivity index is 3.36. The summed E-state index contributed by atoms with van der Waals surface area (Å²) >= 11 is 0. The highest BCUT2D eigenvalue weighted by Crippen LogP contribution is 2.25. The highest BCUT2D eigenvalue weighted by molar-refractivity contribution is 5.99. The van der Waals surface area contributed by atoms with Crippen LogP contribution >= 0.6 is 0 Å². The maximum atomic E-state index is 11.9. The normalized spacial score (nSPS) is 11.4. The minimum Gasteiger partial charge on any atom is -0.396 e. The van der Waals surface area contributed by atoms with Crippen LogP contribution in [0.3, 0.4) is 0 Å². The van der Waals surface area contributed by atoms with Gasteiger partial charge < -0.3 is 10.2 Å². The Labute approximate surface area is 123 Å². The first-order valence-electron chi connectivity index (χ1n) is 6.41. The van der Waals surface area contributed by atoms with Crippen LogP contribution in [0.4, 0.5) is 0 Å². The van der Waals surface area contributed by atoms with Gasteiger partial charge >= 0.3 is 0 Å². The number of allylic oxidation sites excluding steroid dienone is 4. The van der Waals surface area contributed by atoms with Crippen molar-refractivity contribution in [1.29, 1.82) is 5.53 Å². The van der Waals surface area contributed by atoms with E-state index in [0.717, 1.165) is 0 Å². The highest BCUT2D eigenvalue weighted by Gasteiger charge is 2.20.